The maximum Gasteiger partial charge on any atom is 0.337 e. The molecule has 4 aromatic rings. The minimum absolute atomic E-state index is 0.0951. The number of carbonyl (C=O) groups excluding carboxylic acids is 2. The van der Waals surface area contributed by atoms with Crippen LogP contribution in [0.4, 0.5) is 8.78 Å². The van der Waals surface area contributed by atoms with Crippen LogP contribution in [0.15, 0.2) is 54.7 Å². The summed E-state index contributed by atoms with van der Waals surface area (Å²) in [6, 6.07) is 11.4. The van der Waals surface area contributed by atoms with Crippen LogP contribution in [0.5, 0.6) is 5.75 Å². The Hall–Kier alpha value is -4.31. The molecule has 0 radical (unpaired) electrons. The molecule has 0 spiro atoms. The van der Waals surface area contributed by atoms with Crippen LogP contribution in [-0.4, -0.2) is 34.9 Å². The first-order valence-electron chi connectivity index (χ1n) is 11.5. The first-order valence-corrected chi connectivity index (χ1v) is 11.5. The molecule has 10 heteroatoms. The van der Waals surface area contributed by atoms with Gasteiger partial charge >= 0.3 is 5.97 Å². The van der Waals surface area contributed by atoms with Gasteiger partial charge in [0.15, 0.2) is 11.4 Å². The number of imidazole rings is 1. The van der Waals surface area contributed by atoms with E-state index in [1.54, 1.807) is 54.8 Å². The van der Waals surface area contributed by atoms with Crippen LogP contribution >= 0.6 is 0 Å². The van der Waals surface area contributed by atoms with Crippen LogP contribution in [0.2, 0.25) is 0 Å². The van der Waals surface area contributed by atoms with E-state index in [0.29, 0.717) is 22.5 Å². The van der Waals surface area contributed by atoms with Crippen molar-refractivity contribution in [2.24, 2.45) is 5.73 Å². The topological polar surface area (TPSA) is 108 Å². The Morgan fingerprint density at radius 3 is 2.51 bits per heavy atom. The van der Waals surface area contributed by atoms with Gasteiger partial charge in [-0.2, -0.15) is 0 Å². The molecule has 0 bridgehead atoms. The van der Waals surface area contributed by atoms with Crippen molar-refractivity contribution < 1.29 is 27.8 Å². The minimum Gasteiger partial charge on any atom is -0.485 e. The molecule has 0 aliphatic rings. The Morgan fingerprint density at radius 1 is 1.11 bits per heavy atom. The number of aryl methyl sites for hydroxylation is 2. The lowest BCUT2D eigenvalue weighted by atomic mass is 10.0. The van der Waals surface area contributed by atoms with Crippen molar-refractivity contribution in [3.8, 4) is 5.75 Å². The number of rotatable bonds is 8. The Morgan fingerprint density at radius 2 is 1.81 bits per heavy atom. The normalized spacial score (nSPS) is 11.8. The summed E-state index contributed by atoms with van der Waals surface area (Å²) in [7, 11) is 1.30. The molecule has 4 rings (SSSR count). The zero-order valence-corrected chi connectivity index (χ0v) is 20.5. The summed E-state index contributed by atoms with van der Waals surface area (Å²) >= 11 is 0. The zero-order chi connectivity index (χ0) is 26.7. The molecule has 2 aromatic carbocycles. The van der Waals surface area contributed by atoms with Crippen LogP contribution in [0.1, 0.15) is 49.3 Å². The molecule has 1 atom stereocenters. The standard InChI is InChI=1S/C27H26F2N4O4/c1-15-10-23(37-14-19-20(28)8-5-9-21(19)29)25-32-16(2)24(33(25)13-15)26(34)31-12-22(30)17-6-4-7-18(11-17)27(35)36-3/h4-11,13,22H,12,14,30H2,1-3H3,(H,31,34). The van der Waals surface area contributed by atoms with Crippen molar-refractivity contribution in [2.75, 3.05) is 13.7 Å². The molecule has 0 saturated carbocycles. The summed E-state index contributed by atoms with van der Waals surface area (Å²) in [6.45, 7) is 3.23. The molecular formula is C27H26F2N4O4. The Balaban J connectivity index is 1.54. The molecule has 1 amide bonds. The maximum atomic E-state index is 14.0. The second-order valence-corrected chi connectivity index (χ2v) is 8.54. The molecule has 3 N–H and O–H groups in total. The van der Waals surface area contributed by atoms with Gasteiger partial charge in [0.2, 0.25) is 0 Å². The Bertz CT molecular complexity index is 1460. The fraction of sp³-hybridized carbons (Fsp3) is 0.222. The Labute approximate surface area is 212 Å². The number of benzene rings is 2. The predicted octanol–water partition coefficient (Wildman–Crippen LogP) is 4.02. The van der Waals surface area contributed by atoms with Crippen LogP contribution in [0.3, 0.4) is 0 Å². The van der Waals surface area contributed by atoms with E-state index in [0.717, 1.165) is 17.7 Å². The lowest BCUT2D eigenvalue weighted by Gasteiger charge is -2.15. The van der Waals surface area contributed by atoms with Crippen molar-refractivity contribution in [2.45, 2.75) is 26.5 Å². The Kier molecular flexibility index (Phi) is 7.49. The minimum atomic E-state index is -0.711. The molecule has 8 nitrogen and oxygen atoms in total. The maximum absolute atomic E-state index is 14.0. The highest BCUT2D eigenvalue weighted by molar-refractivity contribution is 5.95. The predicted molar refractivity (Wildman–Crippen MR) is 132 cm³/mol. The fourth-order valence-corrected chi connectivity index (χ4v) is 3.98. The second kappa shape index (κ2) is 10.8. The van der Waals surface area contributed by atoms with E-state index in [2.05, 4.69) is 10.3 Å². The third-order valence-corrected chi connectivity index (χ3v) is 5.86. The van der Waals surface area contributed by atoms with Gasteiger partial charge in [0.05, 0.1) is 23.9 Å². The number of esters is 1. The van der Waals surface area contributed by atoms with Gasteiger partial charge < -0.3 is 20.5 Å². The number of nitrogens with one attached hydrogen (secondary N) is 1. The van der Waals surface area contributed by atoms with Gasteiger partial charge in [-0.1, -0.05) is 18.2 Å². The SMILES string of the molecule is COC(=O)c1cccc(C(N)CNC(=O)c2c(C)nc3c(OCc4c(F)cccc4F)cc(C)cn23)c1. The van der Waals surface area contributed by atoms with E-state index >= 15 is 0 Å². The van der Waals surface area contributed by atoms with Crippen molar-refractivity contribution in [3.05, 3.63) is 100 Å². The molecule has 0 fully saturated rings. The summed E-state index contributed by atoms with van der Waals surface area (Å²) in [5, 5.41) is 2.81. The number of hydrogen-bond donors (Lipinski definition) is 2. The molecule has 0 aliphatic carbocycles. The summed E-state index contributed by atoms with van der Waals surface area (Å²) in [5.41, 5.74) is 8.86. The molecule has 192 valence electrons. The lowest BCUT2D eigenvalue weighted by Crippen LogP contribution is -2.33. The van der Waals surface area contributed by atoms with Crippen LogP contribution in [0.25, 0.3) is 5.65 Å². The van der Waals surface area contributed by atoms with Gasteiger partial charge in [-0.25, -0.2) is 18.6 Å². The van der Waals surface area contributed by atoms with Crippen molar-refractivity contribution in [1.82, 2.24) is 14.7 Å². The highest BCUT2D eigenvalue weighted by Gasteiger charge is 2.21. The van der Waals surface area contributed by atoms with Crippen molar-refractivity contribution in [1.29, 1.82) is 0 Å². The quantitative estimate of drug-likeness (QED) is 0.348. The number of aromatic nitrogens is 2. The molecule has 1 unspecified atom stereocenters. The third kappa shape index (κ3) is 5.44. The van der Waals surface area contributed by atoms with Gasteiger partial charge in [0.25, 0.3) is 5.91 Å². The number of nitrogens with two attached hydrogens (primary N) is 1. The average molecular weight is 509 g/mol. The van der Waals surface area contributed by atoms with Crippen LogP contribution in [-0.2, 0) is 11.3 Å². The lowest BCUT2D eigenvalue weighted by molar-refractivity contribution is 0.0600. The first-order chi connectivity index (χ1) is 17.7. The van der Waals surface area contributed by atoms with Gasteiger partial charge in [0.1, 0.15) is 23.9 Å². The third-order valence-electron chi connectivity index (χ3n) is 5.86. The van der Waals surface area contributed by atoms with E-state index in [9.17, 15) is 18.4 Å². The number of methoxy groups -OCH3 is 1. The fourth-order valence-electron chi connectivity index (χ4n) is 3.98. The second-order valence-electron chi connectivity index (χ2n) is 8.54. The molecule has 2 heterocycles. The first kappa shape index (κ1) is 25.8. The molecular weight excluding hydrogens is 482 g/mol. The van der Waals surface area contributed by atoms with Gasteiger partial charge in [0, 0.05) is 18.8 Å². The average Bonchev–Trinajstić information content (AvgIpc) is 3.21. The van der Waals surface area contributed by atoms with Gasteiger partial charge in [-0.3, -0.25) is 9.20 Å². The van der Waals surface area contributed by atoms with Crippen molar-refractivity contribution in [3.63, 3.8) is 0 Å². The van der Waals surface area contributed by atoms with Crippen LogP contribution < -0.4 is 15.8 Å². The highest BCUT2D eigenvalue weighted by Crippen LogP contribution is 2.26. The number of hydrogen-bond acceptors (Lipinski definition) is 6. The van der Waals surface area contributed by atoms with Gasteiger partial charge in [-0.05, 0) is 55.3 Å². The number of ether oxygens (including phenoxy) is 2. The van der Waals surface area contributed by atoms with E-state index in [-0.39, 0.29) is 30.2 Å². The smallest absolute Gasteiger partial charge is 0.337 e. The van der Waals surface area contributed by atoms with E-state index in [4.69, 9.17) is 15.2 Å². The number of fused-ring (bicyclic) bond motifs is 1. The number of amides is 1. The number of nitrogens with zero attached hydrogens (tertiary/aromatic N) is 2. The van der Waals surface area contributed by atoms with Gasteiger partial charge in [-0.15, -0.1) is 0 Å². The number of pyridine rings is 1. The van der Waals surface area contributed by atoms with E-state index < -0.39 is 29.6 Å². The van der Waals surface area contributed by atoms with E-state index in [1.807, 2.05) is 0 Å². The number of carbonyl (C=O) groups is 2. The van der Waals surface area contributed by atoms with Crippen LogP contribution in [0, 0.1) is 25.5 Å². The monoisotopic (exact) mass is 508 g/mol. The summed E-state index contributed by atoms with van der Waals surface area (Å²) < 4.78 is 40.1. The molecule has 0 aliphatic heterocycles. The van der Waals surface area contributed by atoms with E-state index in [1.165, 1.54) is 13.2 Å². The summed E-state index contributed by atoms with van der Waals surface area (Å²) in [6.07, 6.45) is 1.72. The molecule has 37 heavy (non-hydrogen) atoms. The molecule has 0 saturated heterocycles. The molecule has 2 aromatic heterocycles. The van der Waals surface area contributed by atoms with Crippen molar-refractivity contribution >= 4 is 17.5 Å². The zero-order valence-electron chi connectivity index (χ0n) is 20.5. The largest absolute Gasteiger partial charge is 0.485 e. The highest BCUT2D eigenvalue weighted by atomic mass is 19.1. The number of halogens is 2. The summed E-state index contributed by atoms with van der Waals surface area (Å²) in [5.74, 6) is -2.04. The summed E-state index contributed by atoms with van der Waals surface area (Å²) in [4.78, 5) is 29.4.